The van der Waals surface area contributed by atoms with Gasteiger partial charge in [-0.05, 0) is 37.0 Å². The van der Waals surface area contributed by atoms with E-state index in [2.05, 4.69) is 4.74 Å². The third kappa shape index (κ3) is 6.55. The number of aryl methyl sites for hydroxylation is 1. The van der Waals surface area contributed by atoms with E-state index in [9.17, 15) is 27.9 Å². The number of halogens is 3. The Kier molecular flexibility index (Phi) is 5.97. The first kappa shape index (κ1) is 18.8. The van der Waals surface area contributed by atoms with Crippen LogP contribution in [0.15, 0.2) is 24.3 Å². The third-order valence-electron chi connectivity index (χ3n) is 3.05. The Hall–Kier alpha value is -2.29. The lowest BCUT2D eigenvalue weighted by Gasteiger charge is -2.21. The lowest BCUT2D eigenvalue weighted by Crippen LogP contribution is -2.40. The van der Waals surface area contributed by atoms with Crippen LogP contribution in [0.2, 0.25) is 0 Å². The van der Waals surface area contributed by atoms with Crippen molar-refractivity contribution in [3.63, 3.8) is 0 Å². The molecule has 128 valence electrons. The fourth-order valence-corrected chi connectivity index (χ4v) is 1.96. The van der Waals surface area contributed by atoms with E-state index < -0.39 is 30.3 Å². The van der Waals surface area contributed by atoms with E-state index >= 15 is 0 Å². The summed E-state index contributed by atoms with van der Waals surface area (Å²) >= 11 is 0. The summed E-state index contributed by atoms with van der Waals surface area (Å²) in [6.07, 6.45) is -5.59. The zero-order chi connectivity index (χ0) is 17.7. The second-order valence-electron chi connectivity index (χ2n) is 4.95. The van der Waals surface area contributed by atoms with E-state index in [4.69, 9.17) is 10.2 Å². The van der Waals surface area contributed by atoms with Crippen molar-refractivity contribution >= 4 is 11.9 Å². The van der Waals surface area contributed by atoms with Gasteiger partial charge in [-0.2, -0.15) is 0 Å². The van der Waals surface area contributed by atoms with Gasteiger partial charge in [0.15, 0.2) is 5.60 Å². The fourth-order valence-electron chi connectivity index (χ4n) is 1.96. The third-order valence-corrected chi connectivity index (χ3v) is 3.05. The summed E-state index contributed by atoms with van der Waals surface area (Å²) in [5.41, 5.74) is -1.77. The molecule has 0 bridgehead atoms. The molecule has 9 heteroatoms. The van der Waals surface area contributed by atoms with Gasteiger partial charge in [-0.1, -0.05) is 12.1 Å². The second kappa shape index (κ2) is 7.32. The number of carboxylic acid groups (broad SMARTS) is 2. The normalized spacial score (nSPS) is 14.1. The highest BCUT2D eigenvalue weighted by Crippen LogP contribution is 2.24. The van der Waals surface area contributed by atoms with Gasteiger partial charge in [0.05, 0.1) is 6.42 Å². The molecule has 0 amide bonds. The molecule has 6 nitrogen and oxygen atoms in total. The minimum absolute atomic E-state index is 0.148. The van der Waals surface area contributed by atoms with Crippen LogP contribution in [0, 0.1) is 0 Å². The zero-order valence-electron chi connectivity index (χ0n) is 11.8. The average molecular weight is 336 g/mol. The van der Waals surface area contributed by atoms with Crippen molar-refractivity contribution in [3.8, 4) is 5.75 Å². The molecule has 1 rings (SSSR count). The second-order valence-corrected chi connectivity index (χ2v) is 4.95. The van der Waals surface area contributed by atoms with E-state index in [-0.39, 0.29) is 25.0 Å². The van der Waals surface area contributed by atoms with Gasteiger partial charge in [-0.15, -0.1) is 13.2 Å². The molecule has 0 aliphatic rings. The van der Waals surface area contributed by atoms with Gasteiger partial charge in [0, 0.05) is 0 Å². The molecule has 0 aliphatic heterocycles. The number of hydrogen-bond acceptors (Lipinski definition) is 4. The average Bonchev–Trinajstić information content (AvgIpc) is 2.38. The number of carbonyl (C=O) groups is 2. The van der Waals surface area contributed by atoms with E-state index in [1.165, 1.54) is 12.1 Å². The molecule has 23 heavy (non-hydrogen) atoms. The van der Waals surface area contributed by atoms with Crippen molar-refractivity contribution in [1.29, 1.82) is 0 Å². The number of hydrogen-bond donors (Lipinski definition) is 3. The van der Waals surface area contributed by atoms with Crippen LogP contribution in [0.25, 0.3) is 0 Å². The van der Waals surface area contributed by atoms with Crippen LogP contribution in [0.3, 0.4) is 0 Å². The zero-order valence-corrected chi connectivity index (χ0v) is 11.8. The lowest BCUT2D eigenvalue weighted by molar-refractivity contribution is -0.274. The van der Waals surface area contributed by atoms with Gasteiger partial charge in [-0.3, -0.25) is 4.79 Å². The molecule has 3 N–H and O–H groups in total. The van der Waals surface area contributed by atoms with Crippen molar-refractivity contribution in [2.24, 2.45) is 0 Å². The predicted molar refractivity (Wildman–Crippen MR) is 70.9 cm³/mol. The Morgan fingerprint density at radius 2 is 1.65 bits per heavy atom. The molecule has 0 radical (unpaired) electrons. The van der Waals surface area contributed by atoms with Crippen molar-refractivity contribution in [2.45, 2.75) is 37.6 Å². The molecule has 0 fully saturated rings. The predicted octanol–water partition coefficient (Wildman–Crippen LogP) is 2.20. The fraction of sp³-hybridized carbons (Fsp3) is 0.429. The highest BCUT2D eigenvalue weighted by molar-refractivity contribution is 5.83. The Balaban J connectivity index is 2.57. The summed E-state index contributed by atoms with van der Waals surface area (Å²) in [6, 6.07) is 4.98. The van der Waals surface area contributed by atoms with Gasteiger partial charge in [0.25, 0.3) is 0 Å². The Morgan fingerprint density at radius 3 is 2.09 bits per heavy atom. The van der Waals surface area contributed by atoms with Crippen LogP contribution >= 0.6 is 0 Å². The van der Waals surface area contributed by atoms with Gasteiger partial charge >= 0.3 is 18.3 Å². The smallest absolute Gasteiger partial charge is 0.481 e. The lowest BCUT2D eigenvalue weighted by atomic mass is 9.92. The number of aliphatic hydroxyl groups is 1. The quantitative estimate of drug-likeness (QED) is 0.672. The first-order valence-electron chi connectivity index (χ1n) is 6.54. The van der Waals surface area contributed by atoms with Crippen LogP contribution < -0.4 is 4.74 Å². The summed E-state index contributed by atoms with van der Waals surface area (Å²) in [6.45, 7) is 0. The number of rotatable bonds is 8. The standard InChI is InChI=1S/C14H15F3O6/c15-14(16,17)23-10-5-3-9(4-6-10)2-1-7-13(22,12(20)21)8-11(18)19/h3-6,22H,1-2,7-8H2,(H,18,19)(H,20,21)/t13-/m1/s1. The Morgan fingerprint density at radius 1 is 1.09 bits per heavy atom. The molecule has 0 aromatic heterocycles. The molecule has 1 aromatic rings. The van der Waals surface area contributed by atoms with Gasteiger partial charge in [0.2, 0.25) is 0 Å². The maximum atomic E-state index is 12.0. The molecule has 0 heterocycles. The van der Waals surface area contributed by atoms with Crippen molar-refractivity contribution in [1.82, 2.24) is 0 Å². The summed E-state index contributed by atoms with van der Waals surface area (Å²) < 4.78 is 39.7. The van der Waals surface area contributed by atoms with E-state index in [0.29, 0.717) is 5.56 Å². The number of alkyl halides is 3. The summed E-state index contributed by atoms with van der Waals surface area (Å²) in [4.78, 5) is 21.5. The first-order chi connectivity index (χ1) is 10.5. The maximum Gasteiger partial charge on any atom is 0.573 e. The molecule has 1 atom stereocenters. The maximum absolute atomic E-state index is 12.0. The largest absolute Gasteiger partial charge is 0.573 e. The number of aliphatic carboxylic acids is 2. The van der Waals surface area contributed by atoms with Gasteiger partial charge in [0.1, 0.15) is 5.75 Å². The molecular formula is C14H15F3O6. The Bertz CT molecular complexity index is 555. The molecule has 1 aromatic carbocycles. The minimum Gasteiger partial charge on any atom is -0.481 e. The SMILES string of the molecule is O=C(O)C[C@](O)(CCCc1ccc(OC(F)(F)F)cc1)C(=O)O. The van der Waals surface area contributed by atoms with E-state index in [1.807, 2.05) is 0 Å². The van der Waals surface area contributed by atoms with Crippen LogP contribution in [-0.2, 0) is 16.0 Å². The number of ether oxygens (including phenoxy) is 1. The van der Waals surface area contributed by atoms with Crippen LogP contribution in [-0.4, -0.2) is 39.2 Å². The summed E-state index contributed by atoms with van der Waals surface area (Å²) in [5, 5.41) is 27.3. The molecule has 0 spiro atoms. The monoisotopic (exact) mass is 336 g/mol. The summed E-state index contributed by atoms with van der Waals surface area (Å²) in [5.74, 6) is -3.45. The van der Waals surface area contributed by atoms with Gasteiger partial charge in [-0.25, -0.2) is 4.79 Å². The van der Waals surface area contributed by atoms with Crippen LogP contribution in [0.5, 0.6) is 5.75 Å². The highest BCUT2D eigenvalue weighted by Gasteiger charge is 2.37. The van der Waals surface area contributed by atoms with Crippen molar-refractivity contribution < 1.29 is 42.8 Å². The van der Waals surface area contributed by atoms with Crippen LogP contribution in [0.4, 0.5) is 13.2 Å². The molecule has 0 saturated carbocycles. The molecule has 0 aliphatic carbocycles. The van der Waals surface area contributed by atoms with Crippen molar-refractivity contribution in [2.75, 3.05) is 0 Å². The topological polar surface area (TPSA) is 104 Å². The number of carboxylic acids is 2. The van der Waals surface area contributed by atoms with E-state index in [0.717, 1.165) is 12.1 Å². The van der Waals surface area contributed by atoms with Crippen LogP contribution in [0.1, 0.15) is 24.8 Å². The van der Waals surface area contributed by atoms with Gasteiger partial charge < -0.3 is 20.1 Å². The molecule has 0 saturated heterocycles. The summed E-state index contributed by atoms with van der Waals surface area (Å²) in [7, 11) is 0. The molecular weight excluding hydrogens is 321 g/mol. The first-order valence-corrected chi connectivity index (χ1v) is 6.54. The van der Waals surface area contributed by atoms with E-state index in [1.54, 1.807) is 0 Å². The number of benzene rings is 1. The van der Waals surface area contributed by atoms with Crippen molar-refractivity contribution in [3.05, 3.63) is 29.8 Å². The highest BCUT2D eigenvalue weighted by atomic mass is 19.4. The minimum atomic E-state index is -4.78. The molecule has 0 unspecified atom stereocenters. The Labute approximate surface area is 129 Å².